The number of rotatable bonds is 6. The van der Waals surface area contributed by atoms with E-state index in [2.05, 4.69) is 0 Å². The summed E-state index contributed by atoms with van der Waals surface area (Å²) < 4.78 is 10.9. The summed E-state index contributed by atoms with van der Waals surface area (Å²) in [4.78, 5) is 37.9. The van der Waals surface area contributed by atoms with Gasteiger partial charge in [0.2, 0.25) is 0 Å². The molecule has 0 fully saturated rings. The van der Waals surface area contributed by atoms with Gasteiger partial charge in [0, 0.05) is 18.7 Å². The molecule has 1 aliphatic rings. The van der Waals surface area contributed by atoms with Gasteiger partial charge >= 0.3 is 5.97 Å². The zero-order valence-electron chi connectivity index (χ0n) is 18.6. The predicted octanol–water partition coefficient (Wildman–Crippen LogP) is 4.10. The molecule has 1 N–H and O–H groups in total. The Bertz CT molecular complexity index is 1290. The molecular formula is C25H22N2O7. The van der Waals surface area contributed by atoms with Crippen molar-refractivity contribution in [1.29, 1.82) is 0 Å². The first-order valence-corrected chi connectivity index (χ1v) is 10.5. The number of ether oxygens (including phenoxy) is 2. The minimum Gasteiger partial charge on any atom is -0.493 e. The van der Waals surface area contributed by atoms with E-state index in [9.17, 15) is 24.8 Å². The molecule has 0 radical (unpaired) electrons. The fourth-order valence-corrected chi connectivity index (χ4v) is 4.34. The van der Waals surface area contributed by atoms with Crippen LogP contribution in [0.15, 0.2) is 60.7 Å². The van der Waals surface area contributed by atoms with Crippen LogP contribution in [0.1, 0.15) is 43.4 Å². The number of benzene rings is 3. The second kappa shape index (κ2) is 9.22. The zero-order chi connectivity index (χ0) is 24.4. The number of carbonyl (C=O) groups is 2. The summed E-state index contributed by atoms with van der Waals surface area (Å²) >= 11 is 0. The third-order valence-electron chi connectivity index (χ3n) is 5.92. The lowest BCUT2D eigenvalue weighted by atomic mass is 9.86. The van der Waals surface area contributed by atoms with Gasteiger partial charge < -0.3 is 19.5 Å². The number of methoxy groups -OCH3 is 2. The molecule has 3 aromatic rings. The maximum Gasteiger partial charge on any atom is 0.336 e. The second-order valence-corrected chi connectivity index (χ2v) is 7.76. The Balaban J connectivity index is 1.91. The van der Waals surface area contributed by atoms with E-state index in [1.54, 1.807) is 35.2 Å². The third kappa shape index (κ3) is 4.03. The van der Waals surface area contributed by atoms with Gasteiger partial charge in [-0.1, -0.05) is 24.3 Å². The molecule has 9 nitrogen and oxygen atoms in total. The average molecular weight is 462 g/mol. The number of aromatic carboxylic acids is 1. The summed E-state index contributed by atoms with van der Waals surface area (Å²) in [6, 6.07) is 15.0. The number of nitro benzene ring substituents is 1. The molecule has 0 saturated heterocycles. The number of nitro groups is 1. The SMILES string of the molecule is COc1cc2c(cc1OC)[C@@H](c1cccc([N+](=O)[O-])c1)N(C(=O)c1ccccc1C(=O)O)CC2. The zero-order valence-corrected chi connectivity index (χ0v) is 18.6. The van der Waals surface area contributed by atoms with Gasteiger partial charge in [0.15, 0.2) is 11.5 Å². The molecule has 4 rings (SSSR count). The molecule has 0 bridgehead atoms. The summed E-state index contributed by atoms with van der Waals surface area (Å²) in [6.45, 7) is 0.280. The van der Waals surface area contributed by atoms with Crippen LogP contribution in [0.4, 0.5) is 5.69 Å². The van der Waals surface area contributed by atoms with E-state index in [-0.39, 0.29) is 23.4 Å². The monoisotopic (exact) mass is 462 g/mol. The lowest BCUT2D eigenvalue weighted by molar-refractivity contribution is -0.384. The molecule has 34 heavy (non-hydrogen) atoms. The minimum absolute atomic E-state index is 0.0503. The van der Waals surface area contributed by atoms with Crippen LogP contribution in [-0.2, 0) is 6.42 Å². The highest BCUT2D eigenvalue weighted by molar-refractivity contribution is 6.05. The highest BCUT2D eigenvalue weighted by Gasteiger charge is 2.35. The van der Waals surface area contributed by atoms with Gasteiger partial charge in [-0.15, -0.1) is 0 Å². The number of nitrogens with zero attached hydrogens (tertiary/aromatic N) is 2. The van der Waals surface area contributed by atoms with Gasteiger partial charge in [-0.3, -0.25) is 14.9 Å². The van der Waals surface area contributed by atoms with Crippen molar-refractivity contribution in [2.24, 2.45) is 0 Å². The average Bonchev–Trinajstić information content (AvgIpc) is 2.86. The molecule has 0 unspecified atom stereocenters. The Kier molecular flexibility index (Phi) is 6.18. The van der Waals surface area contributed by atoms with Crippen molar-refractivity contribution in [3.05, 3.63) is 98.6 Å². The normalized spacial score (nSPS) is 14.8. The molecule has 1 atom stereocenters. The Hall–Kier alpha value is -4.40. The molecule has 0 aromatic heterocycles. The fraction of sp³-hybridized carbons (Fsp3) is 0.200. The van der Waals surface area contributed by atoms with Crippen LogP contribution in [-0.4, -0.2) is 47.6 Å². The lowest BCUT2D eigenvalue weighted by Crippen LogP contribution is -2.41. The van der Waals surface area contributed by atoms with Crippen LogP contribution >= 0.6 is 0 Å². The van der Waals surface area contributed by atoms with Crippen LogP contribution in [0.25, 0.3) is 0 Å². The number of non-ortho nitro benzene ring substituents is 1. The molecule has 1 aliphatic heterocycles. The maximum atomic E-state index is 13.7. The summed E-state index contributed by atoms with van der Waals surface area (Å²) in [6.07, 6.45) is 0.488. The van der Waals surface area contributed by atoms with E-state index in [1.165, 1.54) is 38.5 Å². The van der Waals surface area contributed by atoms with E-state index in [1.807, 2.05) is 6.07 Å². The van der Waals surface area contributed by atoms with Gasteiger partial charge in [0.1, 0.15) is 0 Å². The first kappa shape index (κ1) is 22.8. The van der Waals surface area contributed by atoms with Crippen molar-refractivity contribution in [3.8, 4) is 11.5 Å². The number of hydrogen-bond acceptors (Lipinski definition) is 6. The summed E-state index contributed by atoms with van der Waals surface area (Å²) in [5.74, 6) is -0.693. The number of carbonyl (C=O) groups excluding carboxylic acids is 1. The van der Waals surface area contributed by atoms with Crippen LogP contribution in [0, 0.1) is 10.1 Å². The standard InChI is InChI=1S/C25H22N2O7/c1-33-21-13-15-10-11-26(24(28)18-8-3-4-9-19(18)25(29)30)23(20(15)14-22(21)34-2)16-6-5-7-17(12-16)27(31)32/h3-9,12-14,23H,10-11H2,1-2H3,(H,29,30)/t23-/m1/s1. The van der Waals surface area contributed by atoms with Crippen molar-refractivity contribution in [1.82, 2.24) is 4.90 Å². The highest BCUT2D eigenvalue weighted by Crippen LogP contribution is 2.42. The third-order valence-corrected chi connectivity index (χ3v) is 5.92. The molecule has 0 spiro atoms. The molecule has 1 heterocycles. The number of carboxylic acids is 1. The quantitative estimate of drug-likeness (QED) is 0.433. The van der Waals surface area contributed by atoms with Crippen molar-refractivity contribution in [3.63, 3.8) is 0 Å². The topological polar surface area (TPSA) is 119 Å². The fourth-order valence-electron chi connectivity index (χ4n) is 4.34. The van der Waals surface area contributed by atoms with Crippen LogP contribution < -0.4 is 9.47 Å². The summed E-state index contributed by atoms with van der Waals surface area (Å²) in [5, 5.41) is 21.0. The van der Waals surface area contributed by atoms with Crippen molar-refractivity contribution in [2.45, 2.75) is 12.5 Å². The molecule has 0 saturated carbocycles. The molecule has 3 aromatic carbocycles. The molecule has 1 amide bonds. The Labute approximate surface area is 195 Å². The first-order valence-electron chi connectivity index (χ1n) is 10.5. The van der Waals surface area contributed by atoms with E-state index >= 15 is 0 Å². The van der Waals surface area contributed by atoms with E-state index in [0.29, 0.717) is 23.5 Å². The second-order valence-electron chi connectivity index (χ2n) is 7.76. The number of fused-ring (bicyclic) bond motifs is 1. The van der Waals surface area contributed by atoms with E-state index in [4.69, 9.17) is 9.47 Å². The van der Waals surface area contributed by atoms with Crippen molar-refractivity contribution >= 4 is 17.6 Å². The van der Waals surface area contributed by atoms with E-state index < -0.39 is 22.8 Å². The van der Waals surface area contributed by atoms with Gasteiger partial charge in [0.05, 0.1) is 36.3 Å². The number of amides is 1. The van der Waals surface area contributed by atoms with Gasteiger partial charge in [-0.2, -0.15) is 0 Å². The lowest BCUT2D eigenvalue weighted by Gasteiger charge is -2.38. The van der Waals surface area contributed by atoms with Gasteiger partial charge in [0.25, 0.3) is 11.6 Å². The Morgan fingerprint density at radius 1 is 1.00 bits per heavy atom. The van der Waals surface area contributed by atoms with E-state index in [0.717, 1.165) is 11.1 Å². The Morgan fingerprint density at radius 2 is 1.68 bits per heavy atom. The first-order chi connectivity index (χ1) is 16.3. The van der Waals surface area contributed by atoms with Crippen LogP contribution in [0.3, 0.4) is 0 Å². The molecule has 9 heteroatoms. The van der Waals surface area contributed by atoms with Crippen LogP contribution in [0.5, 0.6) is 11.5 Å². The molecule has 0 aliphatic carbocycles. The van der Waals surface area contributed by atoms with Crippen LogP contribution in [0.2, 0.25) is 0 Å². The maximum absolute atomic E-state index is 13.7. The smallest absolute Gasteiger partial charge is 0.336 e. The minimum atomic E-state index is -1.21. The van der Waals surface area contributed by atoms with Gasteiger partial charge in [-0.05, 0) is 47.4 Å². The largest absolute Gasteiger partial charge is 0.493 e. The van der Waals surface area contributed by atoms with Crippen molar-refractivity contribution < 1.29 is 29.1 Å². The Morgan fingerprint density at radius 3 is 2.32 bits per heavy atom. The summed E-state index contributed by atoms with van der Waals surface area (Å²) in [7, 11) is 3.03. The highest BCUT2D eigenvalue weighted by atomic mass is 16.6. The van der Waals surface area contributed by atoms with Gasteiger partial charge in [-0.25, -0.2) is 4.79 Å². The molecule has 174 valence electrons. The number of carboxylic acid groups (broad SMARTS) is 1. The van der Waals surface area contributed by atoms with Crippen molar-refractivity contribution in [2.75, 3.05) is 20.8 Å². The number of hydrogen-bond donors (Lipinski definition) is 1. The summed E-state index contributed by atoms with van der Waals surface area (Å²) in [5.41, 5.74) is 2.00. The predicted molar refractivity (Wildman–Crippen MR) is 123 cm³/mol. The molecular weight excluding hydrogens is 440 g/mol.